The van der Waals surface area contributed by atoms with Crippen molar-refractivity contribution >= 4 is 50.5 Å². The number of anilines is 2. The molecule has 172 valence electrons. The highest BCUT2D eigenvalue weighted by molar-refractivity contribution is 7.92. The third kappa shape index (κ3) is 4.93. The topological polar surface area (TPSA) is 141 Å². The number of benzene rings is 3. The Bertz CT molecular complexity index is 1470. The second-order valence-electron chi connectivity index (χ2n) is 7.03. The Kier molecular flexibility index (Phi) is 6.38. The van der Waals surface area contributed by atoms with Gasteiger partial charge in [0.1, 0.15) is 0 Å². The van der Waals surface area contributed by atoms with E-state index in [1.54, 1.807) is 48.5 Å². The van der Waals surface area contributed by atoms with Gasteiger partial charge in [0.15, 0.2) is 0 Å². The number of nitrogens with two attached hydrogens (primary N) is 1. The zero-order valence-electron chi connectivity index (χ0n) is 17.1. The van der Waals surface area contributed by atoms with Crippen molar-refractivity contribution in [3.63, 3.8) is 0 Å². The van der Waals surface area contributed by atoms with Crippen molar-refractivity contribution in [2.45, 2.75) is 4.90 Å². The second kappa shape index (κ2) is 9.26. The first-order valence-corrected chi connectivity index (χ1v) is 11.8. The number of aromatic nitrogens is 2. The minimum atomic E-state index is -3.94. The van der Waals surface area contributed by atoms with E-state index >= 15 is 0 Å². The van der Waals surface area contributed by atoms with Gasteiger partial charge < -0.3 is 5.73 Å². The van der Waals surface area contributed by atoms with Crippen LogP contribution in [0.2, 0.25) is 10.0 Å². The van der Waals surface area contributed by atoms with Crippen molar-refractivity contribution in [1.29, 1.82) is 0 Å². The average molecular weight is 516 g/mol. The number of nitro groups is 1. The number of hydrogen-bond acceptors (Lipinski definition) is 7. The molecular weight excluding hydrogens is 501 g/mol. The van der Waals surface area contributed by atoms with Gasteiger partial charge in [-0.2, -0.15) is 0 Å². The van der Waals surface area contributed by atoms with Gasteiger partial charge in [0.25, 0.3) is 15.7 Å². The van der Waals surface area contributed by atoms with Gasteiger partial charge in [0, 0.05) is 28.9 Å². The minimum Gasteiger partial charge on any atom is -0.368 e. The van der Waals surface area contributed by atoms with Gasteiger partial charge in [-0.15, -0.1) is 0 Å². The molecule has 0 bridgehead atoms. The molecule has 4 rings (SSSR count). The first kappa shape index (κ1) is 23.4. The molecule has 1 aromatic heterocycles. The minimum absolute atomic E-state index is 0.0198. The molecule has 0 aliphatic carbocycles. The summed E-state index contributed by atoms with van der Waals surface area (Å²) in [5, 5.41) is 11.6. The lowest BCUT2D eigenvalue weighted by Gasteiger charge is -2.11. The van der Waals surface area contributed by atoms with Crippen molar-refractivity contribution in [3.05, 3.63) is 93.0 Å². The Balaban J connectivity index is 1.61. The number of nitrogens with one attached hydrogen (secondary N) is 1. The van der Waals surface area contributed by atoms with E-state index in [0.717, 1.165) is 12.1 Å². The number of nitrogen functional groups attached to an aromatic ring is 1. The maximum atomic E-state index is 12.6. The monoisotopic (exact) mass is 515 g/mol. The molecule has 0 unspecified atom stereocenters. The van der Waals surface area contributed by atoms with Crippen LogP contribution in [-0.4, -0.2) is 23.3 Å². The number of nitro benzene ring substituents is 1. The van der Waals surface area contributed by atoms with Crippen LogP contribution in [0.25, 0.3) is 22.5 Å². The molecule has 34 heavy (non-hydrogen) atoms. The Hall–Kier alpha value is -3.73. The molecule has 0 amide bonds. The fourth-order valence-electron chi connectivity index (χ4n) is 3.15. The van der Waals surface area contributed by atoms with Crippen LogP contribution < -0.4 is 10.5 Å². The van der Waals surface area contributed by atoms with Crippen LogP contribution in [0.15, 0.2) is 77.7 Å². The van der Waals surface area contributed by atoms with E-state index in [-0.39, 0.29) is 16.5 Å². The summed E-state index contributed by atoms with van der Waals surface area (Å²) < 4.78 is 27.6. The number of sulfonamides is 1. The van der Waals surface area contributed by atoms with Gasteiger partial charge >= 0.3 is 0 Å². The predicted octanol–water partition coefficient (Wildman–Crippen LogP) is 5.41. The molecular formula is C22H15Cl2N5O4S. The van der Waals surface area contributed by atoms with Gasteiger partial charge in [0.2, 0.25) is 5.95 Å². The van der Waals surface area contributed by atoms with Crippen LogP contribution in [0.5, 0.6) is 0 Å². The average Bonchev–Trinajstić information content (AvgIpc) is 2.79. The Morgan fingerprint density at radius 2 is 1.47 bits per heavy atom. The summed E-state index contributed by atoms with van der Waals surface area (Å²) in [6.07, 6.45) is 0. The predicted molar refractivity (Wildman–Crippen MR) is 131 cm³/mol. The fourth-order valence-corrected chi connectivity index (χ4v) is 4.80. The first-order chi connectivity index (χ1) is 16.1. The van der Waals surface area contributed by atoms with Crippen molar-refractivity contribution in [1.82, 2.24) is 9.97 Å². The van der Waals surface area contributed by atoms with E-state index in [9.17, 15) is 18.5 Å². The molecule has 0 aliphatic rings. The Morgan fingerprint density at radius 1 is 0.882 bits per heavy atom. The zero-order valence-corrected chi connectivity index (χ0v) is 19.5. The third-order valence-corrected chi connectivity index (χ3v) is 6.78. The Morgan fingerprint density at radius 3 is 2.06 bits per heavy atom. The van der Waals surface area contributed by atoms with E-state index in [1.165, 1.54) is 12.1 Å². The summed E-state index contributed by atoms with van der Waals surface area (Å²) in [6, 6.07) is 17.8. The van der Waals surface area contributed by atoms with Crippen LogP contribution >= 0.6 is 23.2 Å². The molecule has 12 heteroatoms. The molecule has 1 heterocycles. The standard InChI is InChI=1S/C22H15Cl2N5O4S/c23-17-2-1-3-18(24)21(17)20-12-19(26-22(25)27-20)13-4-6-14(7-5-13)28-34(32,33)16-10-8-15(9-11-16)29(30)31/h1-12,28H,(H2,25,26,27). The molecule has 3 aromatic carbocycles. The van der Waals surface area contributed by atoms with Crippen LogP contribution in [0.3, 0.4) is 0 Å². The lowest BCUT2D eigenvalue weighted by Crippen LogP contribution is -2.12. The highest BCUT2D eigenvalue weighted by atomic mass is 35.5. The normalized spacial score (nSPS) is 11.2. The molecule has 0 spiro atoms. The lowest BCUT2D eigenvalue weighted by molar-refractivity contribution is -0.384. The third-order valence-electron chi connectivity index (χ3n) is 4.75. The van der Waals surface area contributed by atoms with E-state index < -0.39 is 14.9 Å². The van der Waals surface area contributed by atoms with Gasteiger partial charge in [0.05, 0.1) is 31.3 Å². The number of rotatable bonds is 6. The zero-order chi connectivity index (χ0) is 24.5. The van der Waals surface area contributed by atoms with Gasteiger partial charge in [-0.1, -0.05) is 41.4 Å². The van der Waals surface area contributed by atoms with Crippen molar-refractivity contribution < 1.29 is 13.3 Å². The second-order valence-corrected chi connectivity index (χ2v) is 9.52. The van der Waals surface area contributed by atoms with E-state index in [0.29, 0.717) is 38.2 Å². The maximum absolute atomic E-state index is 12.6. The largest absolute Gasteiger partial charge is 0.368 e. The molecule has 9 nitrogen and oxygen atoms in total. The number of halogens is 2. The van der Waals surface area contributed by atoms with Crippen molar-refractivity contribution in [2.24, 2.45) is 0 Å². The smallest absolute Gasteiger partial charge is 0.269 e. The summed E-state index contributed by atoms with van der Waals surface area (Å²) in [7, 11) is -3.94. The van der Waals surface area contributed by atoms with Gasteiger partial charge in [-0.05, 0) is 42.5 Å². The summed E-state index contributed by atoms with van der Waals surface area (Å²) >= 11 is 12.6. The van der Waals surface area contributed by atoms with E-state index in [2.05, 4.69) is 14.7 Å². The molecule has 0 atom stereocenters. The molecule has 0 saturated heterocycles. The Labute approximate surface area is 204 Å². The number of non-ortho nitro benzene ring substituents is 1. The van der Waals surface area contributed by atoms with Crippen LogP contribution in [0.4, 0.5) is 17.3 Å². The summed E-state index contributed by atoms with van der Waals surface area (Å²) in [6.45, 7) is 0. The SMILES string of the molecule is Nc1nc(-c2ccc(NS(=O)(=O)c3ccc([N+](=O)[O-])cc3)cc2)cc(-c2c(Cl)cccc2Cl)n1. The molecule has 0 aliphatic heterocycles. The van der Waals surface area contributed by atoms with Crippen LogP contribution in [0, 0.1) is 10.1 Å². The molecule has 3 N–H and O–H groups in total. The highest BCUT2D eigenvalue weighted by Crippen LogP contribution is 2.35. The summed E-state index contributed by atoms with van der Waals surface area (Å²) in [4.78, 5) is 18.5. The van der Waals surface area contributed by atoms with Crippen LogP contribution in [0.1, 0.15) is 0 Å². The van der Waals surface area contributed by atoms with Crippen LogP contribution in [-0.2, 0) is 10.0 Å². The fraction of sp³-hybridized carbons (Fsp3) is 0. The van der Waals surface area contributed by atoms with Crippen molar-refractivity contribution in [3.8, 4) is 22.5 Å². The molecule has 0 saturated carbocycles. The van der Waals surface area contributed by atoms with E-state index in [1.807, 2.05) is 0 Å². The van der Waals surface area contributed by atoms with Gasteiger partial charge in [-0.3, -0.25) is 14.8 Å². The number of nitrogens with zero attached hydrogens (tertiary/aromatic N) is 3. The number of hydrogen-bond donors (Lipinski definition) is 2. The van der Waals surface area contributed by atoms with E-state index in [4.69, 9.17) is 28.9 Å². The summed E-state index contributed by atoms with van der Waals surface area (Å²) in [5.41, 5.74) is 8.09. The highest BCUT2D eigenvalue weighted by Gasteiger charge is 2.17. The molecule has 0 fully saturated rings. The van der Waals surface area contributed by atoms with Crippen molar-refractivity contribution in [2.75, 3.05) is 10.5 Å². The molecule has 0 radical (unpaired) electrons. The van der Waals surface area contributed by atoms with Gasteiger partial charge in [-0.25, -0.2) is 18.4 Å². The summed E-state index contributed by atoms with van der Waals surface area (Å²) in [5.74, 6) is 0.0198. The lowest BCUT2D eigenvalue weighted by atomic mass is 10.1. The quantitative estimate of drug-likeness (QED) is 0.258. The maximum Gasteiger partial charge on any atom is 0.269 e. The molecule has 4 aromatic rings. The first-order valence-electron chi connectivity index (χ1n) is 9.61.